The van der Waals surface area contributed by atoms with Gasteiger partial charge in [-0.2, -0.15) is 0 Å². The van der Waals surface area contributed by atoms with Crippen LogP contribution < -0.4 is 0 Å². The fourth-order valence-corrected chi connectivity index (χ4v) is 2.37. The number of benzene rings is 1. The van der Waals surface area contributed by atoms with Crippen molar-refractivity contribution in [3.05, 3.63) is 35.8 Å². The molecule has 3 nitrogen and oxygen atoms in total. The highest BCUT2D eigenvalue weighted by molar-refractivity contribution is 5.86. The molecule has 0 bridgehead atoms. The van der Waals surface area contributed by atoms with Gasteiger partial charge in [0.05, 0.1) is 11.9 Å². The summed E-state index contributed by atoms with van der Waals surface area (Å²) < 4.78 is 15.1. The number of aryl methyl sites for hydroxylation is 1. The monoisotopic (exact) mass is 249 g/mol. The average molecular weight is 249 g/mol. The van der Waals surface area contributed by atoms with Crippen LogP contribution in [-0.4, -0.2) is 15.6 Å². The van der Waals surface area contributed by atoms with Crippen LogP contribution in [-0.2, 0) is 17.3 Å². The van der Waals surface area contributed by atoms with Crippen LogP contribution in [0.3, 0.4) is 0 Å². The number of carboxylic acids is 1. The van der Waals surface area contributed by atoms with E-state index in [9.17, 15) is 9.18 Å². The second kappa shape index (κ2) is 4.12. The van der Waals surface area contributed by atoms with Gasteiger partial charge in [-0.25, -0.2) is 4.39 Å². The minimum absolute atomic E-state index is 0.0451. The van der Waals surface area contributed by atoms with Gasteiger partial charge in [0.15, 0.2) is 0 Å². The van der Waals surface area contributed by atoms with Gasteiger partial charge < -0.3 is 9.67 Å². The summed E-state index contributed by atoms with van der Waals surface area (Å²) in [7, 11) is 1.84. The van der Waals surface area contributed by atoms with Crippen molar-refractivity contribution in [2.45, 2.75) is 25.7 Å². The van der Waals surface area contributed by atoms with Gasteiger partial charge in [0, 0.05) is 24.0 Å². The van der Waals surface area contributed by atoms with Crippen LogP contribution in [0.5, 0.6) is 0 Å². The third kappa shape index (κ3) is 2.10. The molecule has 0 spiro atoms. The van der Waals surface area contributed by atoms with Gasteiger partial charge >= 0.3 is 5.97 Å². The highest BCUT2D eigenvalue weighted by atomic mass is 19.1. The molecule has 0 aliphatic heterocycles. The molecule has 4 heteroatoms. The summed E-state index contributed by atoms with van der Waals surface area (Å²) in [4.78, 5) is 10.9. The second-order valence-corrected chi connectivity index (χ2v) is 5.27. The highest BCUT2D eigenvalue weighted by Crippen LogP contribution is 2.34. The lowest BCUT2D eigenvalue weighted by molar-refractivity contribution is -0.138. The third-order valence-electron chi connectivity index (χ3n) is 3.27. The van der Waals surface area contributed by atoms with Crippen LogP contribution in [0.25, 0.3) is 10.9 Å². The smallest absolute Gasteiger partial charge is 0.304 e. The Labute approximate surface area is 105 Å². The normalized spacial score (nSPS) is 12.0. The molecule has 0 unspecified atom stereocenters. The van der Waals surface area contributed by atoms with Crippen molar-refractivity contribution >= 4 is 16.9 Å². The molecule has 2 rings (SSSR count). The van der Waals surface area contributed by atoms with E-state index < -0.39 is 11.4 Å². The summed E-state index contributed by atoms with van der Waals surface area (Å²) >= 11 is 0. The van der Waals surface area contributed by atoms with Crippen LogP contribution in [0.2, 0.25) is 0 Å². The molecular weight excluding hydrogens is 233 g/mol. The summed E-state index contributed by atoms with van der Waals surface area (Å²) in [6, 6.07) is 4.59. The average Bonchev–Trinajstić information content (AvgIpc) is 2.55. The third-order valence-corrected chi connectivity index (χ3v) is 3.27. The first-order valence-corrected chi connectivity index (χ1v) is 5.78. The lowest BCUT2D eigenvalue weighted by Crippen LogP contribution is -2.21. The number of hydrogen-bond donors (Lipinski definition) is 1. The molecule has 1 N–H and O–H groups in total. The Balaban J connectivity index is 2.62. The minimum atomic E-state index is -0.834. The largest absolute Gasteiger partial charge is 0.481 e. The Kier molecular flexibility index (Phi) is 2.89. The van der Waals surface area contributed by atoms with Crippen LogP contribution >= 0.6 is 0 Å². The Morgan fingerprint density at radius 2 is 2.11 bits per heavy atom. The van der Waals surface area contributed by atoms with E-state index in [4.69, 9.17) is 5.11 Å². The van der Waals surface area contributed by atoms with E-state index in [2.05, 4.69) is 0 Å². The van der Waals surface area contributed by atoms with Crippen LogP contribution in [0.1, 0.15) is 25.8 Å². The van der Waals surface area contributed by atoms with Crippen molar-refractivity contribution in [1.82, 2.24) is 4.57 Å². The van der Waals surface area contributed by atoms with E-state index in [1.807, 2.05) is 31.7 Å². The van der Waals surface area contributed by atoms with E-state index in [-0.39, 0.29) is 12.2 Å². The van der Waals surface area contributed by atoms with E-state index in [0.717, 1.165) is 16.5 Å². The lowest BCUT2D eigenvalue weighted by Gasteiger charge is -2.22. The molecule has 18 heavy (non-hydrogen) atoms. The van der Waals surface area contributed by atoms with Gasteiger partial charge in [-0.15, -0.1) is 0 Å². The highest BCUT2D eigenvalue weighted by Gasteiger charge is 2.27. The molecule has 96 valence electrons. The van der Waals surface area contributed by atoms with E-state index in [1.165, 1.54) is 12.1 Å². The van der Waals surface area contributed by atoms with E-state index in [0.29, 0.717) is 0 Å². The van der Waals surface area contributed by atoms with Gasteiger partial charge in [-0.05, 0) is 23.8 Å². The maximum absolute atomic E-state index is 13.2. The summed E-state index contributed by atoms with van der Waals surface area (Å²) in [5.41, 5.74) is 1.23. The molecule has 0 fully saturated rings. The quantitative estimate of drug-likeness (QED) is 0.908. The molecular formula is C14H16FNO2. The Bertz CT molecular complexity index is 614. The number of nitrogens with zero attached hydrogens (tertiary/aromatic N) is 1. The predicted molar refractivity (Wildman–Crippen MR) is 68.2 cm³/mol. The van der Waals surface area contributed by atoms with Gasteiger partial charge in [0.2, 0.25) is 0 Å². The minimum Gasteiger partial charge on any atom is -0.481 e. The zero-order chi connectivity index (χ0) is 13.5. The molecule has 1 heterocycles. The molecule has 0 aliphatic rings. The second-order valence-electron chi connectivity index (χ2n) is 5.27. The molecule has 0 saturated heterocycles. The lowest BCUT2D eigenvalue weighted by atomic mass is 9.81. The Morgan fingerprint density at radius 3 is 2.72 bits per heavy atom. The Hall–Kier alpha value is -1.84. The van der Waals surface area contributed by atoms with Crippen molar-refractivity contribution in [1.29, 1.82) is 0 Å². The zero-order valence-corrected chi connectivity index (χ0v) is 10.7. The van der Waals surface area contributed by atoms with Gasteiger partial charge in [0.25, 0.3) is 0 Å². The first-order valence-electron chi connectivity index (χ1n) is 5.78. The van der Waals surface area contributed by atoms with Crippen molar-refractivity contribution in [2.24, 2.45) is 7.05 Å². The summed E-state index contributed by atoms with van der Waals surface area (Å²) in [5.74, 6) is -1.12. The molecule has 0 atom stereocenters. The number of aliphatic carboxylic acids is 1. The number of carboxylic acid groups (broad SMARTS) is 1. The van der Waals surface area contributed by atoms with Crippen molar-refractivity contribution < 1.29 is 14.3 Å². The van der Waals surface area contributed by atoms with Crippen LogP contribution in [0.15, 0.2) is 24.4 Å². The number of aromatic nitrogens is 1. The number of rotatable bonds is 3. The first kappa shape index (κ1) is 12.6. The summed E-state index contributed by atoms with van der Waals surface area (Å²) in [6.07, 6.45) is 1.93. The number of carbonyl (C=O) groups is 1. The summed E-state index contributed by atoms with van der Waals surface area (Å²) in [6.45, 7) is 3.78. The number of hydrogen-bond acceptors (Lipinski definition) is 1. The van der Waals surface area contributed by atoms with E-state index >= 15 is 0 Å². The summed E-state index contributed by atoms with van der Waals surface area (Å²) in [5, 5.41) is 9.87. The van der Waals surface area contributed by atoms with Crippen LogP contribution in [0.4, 0.5) is 4.39 Å². The van der Waals surface area contributed by atoms with Gasteiger partial charge in [-0.1, -0.05) is 13.8 Å². The van der Waals surface area contributed by atoms with Crippen LogP contribution in [0, 0.1) is 5.82 Å². The Morgan fingerprint density at radius 1 is 1.44 bits per heavy atom. The fraction of sp³-hybridized carbons (Fsp3) is 0.357. The molecule has 0 amide bonds. The van der Waals surface area contributed by atoms with Gasteiger partial charge in [0.1, 0.15) is 5.82 Å². The number of fused-ring (bicyclic) bond motifs is 1. The maximum atomic E-state index is 13.2. The SMILES string of the molecule is Cn1cc(C(C)(C)CC(=O)O)c2ccc(F)cc21. The number of halogens is 1. The molecule has 0 aliphatic carbocycles. The standard InChI is InChI=1S/C14H16FNO2/c1-14(2,7-13(17)18)11-8-16(3)12-6-9(15)4-5-10(11)12/h4-6,8H,7H2,1-3H3,(H,17,18). The topological polar surface area (TPSA) is 42.2 Å². The molecule has 1 aromatic heterocycles. The van der Waals surface area contributed by atoms with Crippen molar-refractivity contribution in [2.75, 3.05) is 0 Å². The fourth-order valence-electron chi connectivity index (χ4n) is 2.37. The van der Waals surface area contributed by atoms with Crippen molar-refractivity contribution in [3.8, 4) is 0 Å². The molecule has 0 radical (unpaired) electrons. The zero-order valence-electron chi connectivity index (χ0n) is 10.7. The first-order chi connectivity index (χ1) is 8.31. The molecule has 2 aromatic rings. The molecule has 0 saturated carbocycles. The van der Waals surface area contributed by atoms with Gasteiger partial charge in [-0.3, -0.25) is 4.79 Å². The van der Waals surface area contributed by atoms with E-state index in [1.54, 1.807) is 6.07 Å². The molecule has 1 aromatic carbocycles. The van der Waals surface area contributed by atoms with Crippen molar-refractivity contribution in [3.63, 3.8) is 0 Å². The maximum Gasteiger partial charge on any atom is 0.304 e. The predicted octanol–water partition coefficient (Wildman–Crippen LogP) is 3.07.